The van der Waals surface area contributed by atoms with Crippen molar-refractivity contribution in [3.63, 3.8) is 0 Å². The molecule has 1 fully saturated rings. The molecule has 1 aliphatic heterocycles. The van der Waals surface area contributed by atoms with Gasteiger partial charge in [-0.15, -0.1) is 0 Å². The van der Waals surface area contributed by atoms with Crippen molar-refractivity contribution in [2.24, 2.45) is 11.8 Å². The van der Waals surface area contributed by atoms with Crippen LogP contribution in [0.15, 0.2) is 30.3 Å². The molecule has 0 saturated carbocycles. The number of carbonyl (C=O) groups is 2. The Morgan fingerprint density at radius 1 is 1.11 bits per heavy atom. The van der Waals surface area contributed by atoms with E-state index in [-0.39, 0.29) is 0 Å². The molecule has 2 rings (SSSR count). The number of esters is 2. The molecule has 0 unspecified atom stereocenters. The summed E-state index contributed by atoms with van der Waals surface area (Å²) in [7, 11) is 1.01. The number of ether oxygens (including phenoxy) is 2. The molecule has 8 heteroatoms. The average molecular weight is 387 g/mol. The Morgan fingerprint density at radius 3 is 2.11 bits per heavy atom. The largest absolute Gasteiger partial charge is 0.468 e. The van der Waals surface area contributed by atoms with Crippen LogP contribution in [0.4, 0.5) is 13.2 Å². The number of methoxy groups -OCH3 is 1. The number of halogens is 3. The van der Waals surface area contributed by atoms with Gasteiger partial charge in [0.25, 0.3) is 0 Å². The van der Waals surface area contributed by atoms with Crippen LogP contribution in [0.3, 0.4) is 0 Å². The van der Waals surface area contributed by atoms with E-state index in [0.29, 0.717) is 5.56 Å². The quantitative estimate of drug-likeness (QED) is 0.806. The summed E-state index contributed by atoms with van der Waals surface area (Å²) in [5.41, 5.74) is -2.65. The Hall–Kier alpha value is -2.09. The molecular formula is C19H24F3NO4. The summed E-state index contributed by atoms with van der Waals surface area (Å²) in [4.78, 5) is 25.1. The second-order valence-electron chi connectivity index (χ2n) is 7.81. The van der Waals surface area contributed by atoms with Gasteiger partial charge in [0.2, 0.25) is 0 Å². The first-order valence-corrected chi connectivity index (χ1v) is 8.52. The van der Waals surface area contributed by atoms with Crippen molar-refractivity contribution in [3.05, 3.63) is 35.9 Å². The van der Waals surface area contributed by atoms with Crippen LogP contribution in [0.25, 0.3) is 0 Å². The van der Waals surface area contributed by atoms with E-state index in [2.05, 4.69) is 10.1 Å². The second kappa shape index (κ2) is 7.14. The fraction of sp³-hybridized carbons (Fsp3) is 0.579. The van der Waals surface area contributed by atoms with Crippen LogP contribution < -0.4 is 5.32 Å². The monoisotopic (exact) mass is 387 g/mol. The van der Waals surface area contributed by atoms with Gasteiger partial charge < -0.3 is 9.47 Å². The molecule has 0 bridgehead atoms. The zero-order valence-corrected chi connectivity index (χ0v) is 15.9. The van der Waals surface area contributed by atoms with Crippen molar-refractivity contribution in [3.8, 4) is 0 Å². The first kappa shape index (κ1) is 21.2. The molecule has 1 N–H and O–H groups in total. The van der Waals surface area contributed by atoms with E-state index < -0.39 is 47.1 Å². The number of alkyl halides is 3. The number of carbonyl (C=O) groups excluding carboxylic acids is 2. The summed E-state index contributed by atoms with van der Waals surface area (Å²) in [5, 5.41) is 2.71. The van der Waals surface area contributed by atoms with Gasteiger partial charge >= 0.3 is 18.1 Å². The molecule has 0 aromatic heterocycles. The fourth-order valence-corrected chi connectivity index (χ4v) is 3.58. The summed E-state index contributed by atoms with van der Waals surface area (Å²) in [6.07, 6.45) is -4.83. The second-order valence-corrected chi connectivity index (χ2v) is 7.81. The van der Waals surface area contributed by atoms with E-state index in [9.17, 15) is 22.8 Å². The van der Waals surface area contributed by atoms with Crippen molar-refractivity contribution in [1.82, 2.24) is 5.32 Å². The minimum Gasteiger partial charge on any atom is -0.468 e. The van der Waals surface area contributed by atoms with Crippen LogP contribution in [0.5, 0.6) is 0 Å². The van der Waals surface area contributed by atoms with Gasteiger partial charge in [-0.05, 0) is 33.3 Å². The van der Waals surface area contributed by atoms with Crippen molar-refractivity contribution in [1.29, 1.82) is 0 Å². The summed E-state index contributed by atoms with van der Waals surface area (Å²) in [5.74, 6) is -6.05. The Bertz CT molecular complexity index is 699. The highest BCUT2D eigenvalue weighted by molar-refractivity contribution is 5.85. The topological polar surface area (TPSA) is 64.6 Å². The van der Waals surface area contributed by atoms with E-state index in [4.69, 9.17) is 4.74 Å². The van der Waals surface area contributed by atoms with Crippen molar-refractivity contribution in [2.45, 2.75) is 51.1 Å². The van der Waals surface area contributed by atoms with Gasteiger partial charge in [-0.25, -0.2) is 0 Å². The maximum absolute atomic E-state index is 14.0. The van der Waals surface area contributed by atoms with E-state index in [1.54, 1.807) is 51.1 Å². The molecule has 4 atom stereocenters. The molecule has 0 aliphatic carbocycles. The van der Waals surface area contributed by atoms with Crippen LogP contribution in [-0.4, -0.2) is 36.4 Å². The molecule has 1 aromatic rings. The molecule has 0 radical (unpaired) electrons. The predicted octanol–water partition coefficient (Wildman–Crippen LogP) is 3.40. The van der Waals surface area contributed by atoms with Crippen LogP contribution in [0.2, 0.25) is 0 Å². The molecule has 5 nitrogen and oxygen atoms in total. The minimum atomic E-state index is -4.83. The Balaban J connectivity index is 2.61. The maximum atomic E-state index is 14.0. The Morgan fingerprint density at radius 2 is 1.67 bits per heavy atom. The van der Waals surface area contributed by atoms with Gasteiger partial charge in [0.15, 0.2) is 0 Å². The molecule has 1 aliphatic rings. The normalized spacial score (nSPS) is 28.7. The third kappa shape index (κ3) is 4.26. The number of hydrogen-bond acceptors (Lipinski definition) is 5. The number of hydrogen-bond donors (Lipinski definition) is 1. The average Bonchev–Trinajstić information content (AvgIpc) is 2.88. The molecule has 0 spiro atoms. The van der Waals surface area contributed by atoms with Crippen LogP contribution in [0.1, 0.15) is 39.3 Å². The Kier molecular flexibility index (Phi) is 5.61. The number of rotatable bonds is 3. The lowest BCUT2D eigenvalue weighted by Crippen LogP contribution is -2.55. The van der Waals surface area contributed by atoms with E-state index in [0.717, 1.165) is 14.0 Å². The zero-order valence-electron chi connectivity index (χ0n) is 15.9. The van der Waals surface area contributed by atoms with E-state index in [1.165, 1.54) is 0 Å². The van der Waals surface area contributed by atoms with Crippen molar-refractivity contribution in [2.75, 3.05) is 7.11 Å². The molecule has 0 amide bonds. The van der Waals surface area contributed by atoms with Gasteiger partial charge in [-0.1, -0.05) is 30.3 Å². The SMILES string of the molecule is COC(=O)[C@]1(C)N[C@H](c2ccccc2)[C@H](C(=O)OC(C)(C)C)[C@H]1C(F)(F)F. The Labute approximate surface area is 156 Å². The third-order valence-corrected chi connectivity index (χ3v) is 4.60. The standard InChI is InChI=1S/C19H24F3NO4/c1-17(2,3)27-15(24)12-13(11-9-7-6-8-10-11)23-18(4,16(25)26-5)14(12)19(20,21)22/h6-10,12-14,23H,1-5H3/t12-,13+,14+,18+/m0/s1. The summed E-state index contributed by atoms with van der Waals surface area (Å²) in [6.45, 7) is 5.84. The molecule has 27 heavy (non-hydrogen) atoms. The lowest BCUT2D eigenvalue weighted by molar-refractivity contribution is -0.212. The van der Waals surface area contributed by atoms with Crippen LogP contribution >= 0.6 is 0 Å². The first-order valence-electron chi connectivity index (χ1n) is 8.52. The molecule has 1 heterocycles. The highest BCUT2D eigenvalue weighted by atomic mass is 19.4. The van der Waals surface area contributed by atoms with Crippen molar-refractivity contribution >= 4 is 11.9 Å². The lowest BCUT2D eigenvalue weighted by atomic mass is 9.78. The number of nitrogens with one attached hydrogen (secondary N) is 1. The van der Waals surface area contributed by atoms with E-state index in [1.807, 2.05) is 0 Å². The molecule has 150 valence electrons. The van der Waals surface area contributed by atoms with Gasteiger partial charge in [-0.2, -0.15) is 13.2 Å². The zero-order chi connectivity index (χ0) is 20.6. The predicted molar refractivity (Wildman–Crippen MR) is 91.6 cm³/mol. The van der Waals surface area contributed by atoms with Gasteiger partial charge in [0.1, 0.15) is 11.1 Å². The minimum absolute atomic E-state index is 0.454. The smallest absolute Gasteiger partial charge is 0.395 e. The highest BCUT2D eigenvalue weighted by Crippen LogP contribution is 2.51. The lowest BCUT2D eigenvalue weighted by Gasteiger charge is -2.32. The van der Waals surface area contributed by atoms with Crippen LogP contribution in [0, 0.1) is 11.8 Å². The van der Waals surface area contributed by atoms with Gasteiger partial charge in [-0.3, -0.25) is 14.9 Å². The van der Waals surface area contributed by atoms with Crippen molar-refractivity contribution < 1.29 is 32.2 Å². The molecule has 1 saturated heterocycles. The van der Waals surface area contributed by atoms with E-state index >= 15 is 0 Å². The summed E-state index contributed by atoms with van der Waals surface area (Å²) in [6, 6.07) is 7.16. The summed E-state index contributed by atoms with van der Waals surface area (Å²) >= 11 is 0. The van der Waals surface area contributed by atoms with Gasteiger partial charge in [0.05, 0.1) is 18.9 Å². The third-order valence-electron chi connectivity index (χ3n) is 4.60. The molecular weight excluding hydrogens is 363 g/mol. The van der Waals surface area contributed by atoms with Gasteiger partial charge in [0, 0.05) is 6.04 Å². The maximum Gasteiger partial charge on any atom is 0.395 e. The summed E-state index contributed by atoms with van der Waals surface area (Å²) < 4.78 is 52.0. The van der Waals surface area contributed by atoms with Crippen LogP contribution in [-0.2, 0) is 19.1 Å². The highest BCUT2D eigenvalue weighted by Gasteiger charge is 2.68. The first-order chi connectivity index (χ1) is 12.3. The fourth-order valence-electron chi connectivity index (χ4n) is 3.58. The number of benzene rings is 1. The molecule has 1 aromatic carbocycles.